The summed E-state index contributed by atoms with van der Waals surface area (Å²) in [5, 5.41) is 4.46. The second-order valence-corrected chi connectivity index (χ2v) is 10.8. The van der Waals surface area contributed by atoms with Crippen molar-refractivity contribution < 1.29 is 0 Å². The van der Waals surface area contributed by atoms with E-state index in [1.807, 2.05) is 12.1 Å². The number of benzene rings is 6. The highest BCUT2D eigenvalue weighted by Crippen LogP contribution is 2.39. The van der Waals surface area contributed by atoms with E-state index < -0.39 is 0 Å². The summed E-state index contributed by atoms with van der Waals surface area (Å²) in [5.41, 5.74) is 8.09. The normalized spacial score (nSPS) is 11.6. The number of aromatic nitrogens is 2. The monoisotopic (exact) mass is 588 g/mol. The summed E-state index contributed by atoms with van der Waals surface area (Å²) in [7, 11) is 0. The largest absolute Gasteiger partial charge is 0.243 e. The van der Waals surface area contributed by atoms with Crippen LogP contribution in [0.25, 0.3) is 65.9 Å². The maximum atomic E-state index is 5.39. The highest BCUT2D eigenvalue weighted by Gasteiger charge is 2.17. The number of fused-ring (bicyclic) bond motifs is 6. The highest BCUT2D eigenvalue weighted by molar-refractivity contribution is 9.10. The van der Waals surface area contributed by atoms with Crippen LogP contribution in [-0.2, 0) is 0 Å². The molecule has 36 heavy (non-hydrogen) atoms. The first-order valence-corrected chi connectivity index (χ1v) is 13.3. The van der Waals surface area contributed by atoms with E-state index >= 15 is 0 Å². The number of halogens is 2. The zero-order chi connectivity index (χ0) is 24.2. The molecule has 1 aromatic heterocycles. The van der Waals surface area contributed by atoms with Crippen LogP contribution in [0.1, 0.15) is 0 Å². The summed E-state index contributed by atoms with van der Waals surface area (Å²) < 4.78 is 2.09. The van der Waals surface area contributed by atoms with Gasteiger partial charge >= 0.3 is 0 Å². The third kappa shape index (κ3) is 3.52. The first-order chi connectivity index (χ1) is 17.7. The van der Waals surface area contributed by atoms with Crippen LogP contribution >= 0.6 is 31.9 Å². The molecule has 0 fully saturated rings. The van der Waals surface area contributed by atoms with Gasteiger partial charge in [0.05, 0.1) is 22.1 Å². The summed E-state index contributed by atoms with van der Waals surface area (Å²) in [6.07, 6.45) is 0. The second-order valence-electron chi connectivity index (χ2n) is 8.93. The van der Waals surface area contributed by atoms with Gasteiger partial charge in [-0.05, 0) is 58.3 Å². The predicted octanol–water partition coefficient (Wildman–Crippen LogP) is 9.95. The summed E-state index contributed by atoms with van der Waals surface area (Å²) in [6.45, 7) is 0. The van der Waals surface area contributed by atoms with Crippen molar-refractivity contribution in [1.29, 1.82) is 0 Å². The zero-order valence-electron chi connectivity index (χ0n) is 19.0. The molecule has 0 saturated carbocycles. The van der Waals surface area contributed by atoms with Crippen molar-refractivity contribution in [3.05, 3.63) is 118 Å². The molecule has 0 bridgehead atoms. The fraction of sp³-hybridized carbons (Fsp3) is 0. The fourth-order valence-corrected chi connectivity index (χ4v) is 5.80. The van der Waals surface area contributed by atoms with Gasteiger partial charge < -0.3 is 0 Å². The Labute approximate surface area is 224 Å². The lowest BCUT2D eigenvalue weighted by Gasteiger charge is -2.15. The summed E-state index contributed by atoms with van der Waals surface area (Å²) in [5.74, 6) is 0. The Balaban J connectivity index is 1.71. The molecule has 4 heteroatoms. The molecule has 1 heterocycles. The van der Waals surface area contributed by atoms with Gasteiger partial charge in [-0.2, -0.15) is 0 Å². The van der Waals surface area contributed by atoms with E-state index in [-0.39, 0.29) is 0 Å². The van der Waals surface area contributed by atoms with E-state index in [0.29, 0.717) is 0 Å². The van der Waals surface area contributed by atoms with Crippen molar-refractivity contribution in [3.63, 3.8) is 0 Å². The van der Waals surface area contributed by atoms with Gasteiger partial charge in [-0.25, -0.2) is 9.97 Å². The van der Waals surface area contributed by atoms with Crippen molar-refractivity contribution in [3.8, 4) is 22.3 Å². The van der Waals surface area contributed by atoms with Crippen molar-refractivity contribution in [2.75, 3.05) is 0 Å². The average Bonchev–Trinajstić information content (AvgIpc) is 2.92. The first kappa shape index (κ1) is 21.7. The average molecular weight is 590 g/mol. The van der Waals surface area contributed by atoms with E-state index in [9.17, 15) is 0 Å². The lowest BCUT2D eigenvalue weighted by molar-refractivity contribution is 1.41. The maximum Gasteiger partial charge on any atom is 0.0979 e. The highest BCUT2D eigenvalue weighted by atomic mass is 79.9. The zero-order valence-corrected chi connectivity index (χ0v) is 22.2. The molecule has 0 saturated heterocycles. The van der Waals surface area contributed by atoms with Crippen LogP contribution in [0.2, 0.25) is 0 Å². The summed E-state index contributed by atoms with van der Waals surface area (Å²) >= 11 is 7.30. The van der Waals surface area contributed by atoms with Gasteiger partial charge in [0, 0.05) is 30.8 Å². The molecule has 7 aromatic rings. The second kappa shape index (κ2) is 8.51. The molecular formula is C32H18Br2N2. The minimum Gasteiger partial charge on any atom is -0.243 e. The van der Waals surface area contributed by atoms with E-state index in [1.54, 1.807) is 0 Å². The number of rotatable bonds is 2. The molecule has 6 aromatic carbocycles. The van der Waals surface area contributed by atoms with Crippen molar-refractivity contribution in [2.24, 2.45) is 0 Å². The predicted molar refractivity (Wildman–Crippen MR) is 158 cm³/mol. The van der Waals surface area contributed by atoms with Gasteiger partial charge in [0.25, 0.3) is 0 Å². The molecule has 0 aliphatic heterocycles. The number of hydrogen-bond acceptors (Lipinski definition) is 2. The van der Waals surface area contributed by atoms with E-state index in [0.717, 1.165) is 74.8 Å². The maximum absolute atomic E-state index is 5.39. The minimum absolute atomic E-state index is 0.914. The molecule has 0 spiro atoms. The smallest absolute Gasteiger partial charge is 0.0979 e. The fourth-order valence-electron chi connectivity index (χ4n) is 5.05. The summed E-state index contributed by atoms with van der Waals surface area (Å²) in [6, 6.07) is 38.1. The third-order valence-electron chi connectivity index (χ3n) is 6.71. The third-order valence-corrected chi connectivity index (χ3v) is 7.70. The quantitative estimate of drug-likeness (QED) is 0.148. The van der Waals surface area contributed by atoms with E-state index in [2.05, 4.69) is 129 Å². The molecule has 0 amide bonds. The molecule has 0 N–H and O–H groups in total. The number of nitrogens with zero attached hydrogens (tertiary/aromatic N) is 2. The van der Waals surface area contributed by atoms with Crippen LogP contribution in [-0.4, -0.2) is 9.97 Å². The summed E-state index contributed by atoms with van der Waals surface area (Å²) in [4.78, 5) is 10.8. The SMILES string of the molecule is Brc1ccc2c(c1)cc(-c1ccccc1)c1nc3c(-c4ccccc4)cc4cc(Br)ccc4c3nc12. The Kier molecular flexibility index (Phi) is 5.12. The Bertz CT molecular complexity index is 1810. The van der Waals surface area contributed by atoms with Gasteiger partial charge in [0.2, 0.25) is 0 Å². The van der Waals surface area contributed by atoms with Gasteiger partial charge in [-0.1, -0.05) is 105 Å². The van der Waals surface area contributed by atoms with Crippen molar-refractivity contribution in [1.82, 2.24) is 9.97 Å². The molecule has 0 radical (unpaired) electrons. The lowest BCUT2D eigenvalue weighted by Crippen LogP contribution is -1.96. The van der Waals surface area contributed by atoms with Gasteiger partial charge in [-0.3, -0.25) is 0 Å². The Morgan fingerprint density at radius 3 is 1.28 bits per heavy atom. The molecule has 0 aliphatic carbocycles. The van der Waals surface area contributed by atoms with Crippen LogP contribution in [0.4, 0.5) is 0 Å². The number of hydrogen-bond donors (Lipinski definition) is 0. The lowest BCUT2D eigenvalue weighted by atomic mass is 9.96. The van der Waals surface area contributed by atoms with E-state index in [4.69, 9.17) is 9.97 Å². The Morgan fingerprint density at radius 2 is 0.833 bits per heavy atom. The van der Waals surface area contributed by atoms with Gasteiger partial charge in [-0.15, -0.1) is 0 Å². The molecule has 0 atom stereocenters. The molecule has 170 valence electrons. The first-order valence-electron chi connectivity index (χ1n) is 11.7. The Morgan fingerprint density at radius 1 is 0.417 bits per heavy atom. The topological polar surface area (TPSA) is 25.8 Å². The molecule has 7 rings (SSSR count). The van der Waals surface area contributed by atoms with Crippen molar-refractivity contribution in [2.45, 2.75) is 0 Å². The standard InChI is InChI=1S/C32H18Br2N2/c33-23-11-13-25-21(15-23)17-27(19-7-3-1-4-8-19)31-29(25)35-30-26-14-12-24(34)16-22(26)18-28(32(30)36-31)20-9-5-2-6-10-20/h1-18H. The van der Waals surface area contributed by atoms with Gasteiger partial charge in [0.1, 0.15) is 0 Å². The van der Waals surface area contributed by atoms with Crippen LogP contribution in [0.3, 0.4) is 0 Å². The van der Waals surface area contributed by atoms with Crippen molar-refractivity contribution >= 4 is 75.5 Å². The molecule has 2 nitrogen and oxygen atoms in total. The minimum atomic E-state index is 0.914. The molecule has 0 aliphatic rings. The van der Waals surface area contributed by atoms with Crippen LogP contribution < -0.4 is 0 Å². The Hall–Kier alpha value is -3.60. The molecule has 0 unspecified atom stereocenters. The van der Waals surface area contributed by atoms with Gasteiger partial charge in [0.15, 0.2) is 0 Å². The van der Waals surface area contributed by atoms with Crippen LogP contribution in [0.15, 0.2) is 118 Å². The van der Waals surface area contributed by atoms with Crippen LogP contribution in [0, 0.1) is 0 Å². The molecular weight excluding hydrogens is 572 g/mol. The van der Waals surface area contributed by atoms with E-state index in [1.165, 1.54) is 0 Å². The van der Waals surface area contributed by atoms with Crippen LogP contribution in [0.5, 0.6) is 0 Å².